The molecule has 0 N–H and O–H groups in total. The van der Waals surface area contributed by atoms with Gasteiger partial charge in [0.25, 0.3) is 0 Å². The molecule has 0 aliphatic carbocycles. The Morgan fingerprint density at radius 3 is 1.55 bits per heavy atom. The number of carbonyl (C=O) groups excluding carboxylic acids is 2. The highest BCUT2D eigenvalue weighted by Crippen LogP contribution is 2.55. The van der Waals surface area contributed by atoms with Gasteiger partial charge in [-0.25, -0.2) is 0 Å². The molecular formula is C24H48BrO7P. The minimum atomic E-state index is -3.44. The van der Waals surface area contributed by atoms with E-state index in [1.54, 1.807) is 20.8 Å². The zero-order valence-electron chi connectivity index (χ0n) is 21.7. The zero-order chi connectivity index (χ0) is 25.5. The molecular weight excluding hydrogens is 511 g/mol. The SMILES string of the molecule is CCCCCCC(Br)C(=O)OCC.CCCCCCC(C(=O)OCC)P(=O)(OCC)OCC. The number of ether oxygens (including phenoxy) is 2. The van der Waals surface area contributed by atoms with Crippen LogP contribution in [0.2, 0.25) is 0 Å². The maximum Gasteiger partial charge on any atom is 0.344 e. The van der Waals surface area contributed by atoms with Crippen LogP contribution in [-0.2, 0) is 32.7 Å². The van der Waals surface area contributed by atoms with E-state index < -0.39 is 19.2 Å². The van der Waals surface area contributed by atoms with Crippen LogP contribution in [0.1, 0.15) is 106 Å². The molecule has 0 heterocycles. The first-order valence-electron chi connectivity index (χ1n) is 12.6. The molecule has 198 valence electrons. The lowest BCUT2D eigenvalue weighted by atomic mass is 10.1. The van der Waals surface area contributed by atoms with Crippen LogP contribution in [0.4, 0.5) is 0 Å². The molecule has 2 unspecified atom stereocenters. The molecule has 0 saturated heterocycles. The van der Waals surface area contributed by atoms with Gasteiger partial charge in [-0.1, -0.05) is 81.1 Å². The Kier molecular flexibility index (Phi) is 24.5. The van der Waals surface area contributed by atoms with E-state index in [4.69, 9.17) is 18.5 Å². The lowest BCUT2D eigenvalue weighted by Crippen LogP contribution is -2.26. The summed E-state index contributed by atoms with van der Waals surface area (Å²) in [5, 5.41) is 0. The van der Waals surface area contributed by atoms with Crippen molar-refractivity contribution < 1.29 is 32.7 Å². The van der Waals surface area contributed by atoms with Crippen molar-refractivity contribution in [3.05, 3.63) is 0 Å². The molecule has 7 nitrogen and oxygen atoms in total. The molecule has 0 radical (unpaired) electrons. The van der Waals surface area contributed by atoms with Gasteiger partial charge in [-0.3, -0.25) is 14.2 Å². The summed E-state index contributed by atoms with van der Waals surface area (Å²) in [5.41, 5.74) is -0.806. The van der Waals surface area contributed by atoms with E-state index in [1.807, 2.05) is 6.92 Å². The molecule has 0 aliphatic rings. The summed E-state index contributed by atoms with van der Waals surface area (Å²) in [6, 6.07) is 0. The second-order valence-electron chi connectivity index (χ2n) is 7.56. The first-order chi connectivity index (χ1) is 15.8. The fraction of sp³-hybridized carbons (Fsp3) is 0.917. The van der Waals surface area contributed by atoms with Crippen molar-refractivity contribution in [1.29, 1.82) is 0 Å². The minimum Gasteiger partial charge on any atom is -0.465 e. The summed E-state index contributed by atoms with van der Waals surface area (Å²) >= 11 is 3.32. The molecule has 0 spiro atoms. The largest absolute Gasteiger partial charge is 0.465 e. The van der Waals surface area contributed by atoms with Crippen LogP contribution in [0.25, 0.3) is 0 Å². The van der Waals surface area contributed by atoms with Gasteiger partial charge in [-0.2, -0.15) is 0 Å². The van der Waals surface area contributed by atoms with E-state index in [9.17, 15) is 14.2 Å². The number of hydrogen-bond acceptors (Lipinski definition) is 7. The summed E-state index contributed by atoms with van der Waals surface area (Å²) in [7, 11) is -3.44. The van der Waals surface area contributed by atoms with E-state index in [0.717, 1.165) is 38.5 Å². The van der Waals surface area contributed by atoms with Crippen LogP contribution < -0.4 is 0 Å². The van der Waals surface area contributed by atoms with Crippen molar-refractivity contribution in [3.63, 3.8) is 0 Å². The second kappa shape index (κ2) is 23.3. The molecule has 0 bridgehead atoms. The number of alkyl halides is 1. The van der Waals surface area contributed by atoms with Crippen molar-refractivity contribution in [3.8, 4) is 0 Å². The van der Waals surface area contributed by atoms with Crippen molar-refractivity contribution in [2.75, 3.05) is 26.4 Å². The third-order valence-corrected chi connectivity index (χ3v) is 8.04. The lowest BCUT2D eigenvalue weighted by Gasteiger charge is -2.24. The van der Waals surface area contributed by atoms with Crippen molar-refractivity contribution in [2.24, 2.45) is 0 Å². The van der Waals surface area contributed by atoms with Gasteiger partial charge in [0, 0.05) is 0 Å². The highest BCUT2D eigenvalue weighted by molar-refractivity contribution is 9.10. The molecule has 0 saturated carbocycles. The fourth-order valence-corrected chi connectivity index (χ4v) is 5.53. The van der Waals surface area contributed by atoms with Crippen LogP contribution >= 0.6 is 23.5 Å². The Morgan fingerprint density at radius 1 is 0.667 bits per heavy atom. The predicted octanol–water partition coefficient (Wildman–Crippen LogP) is 7.44. The second-order valence-corrected chi connectivity index (χ2v) is 10.9. The average Bonchev–Trinajstić information content (AvgIpc) is 2.77. The maximum absolute atomic E-state index is 12.7. The normalized spacial score (nSPS) is 12.9. The smallest absolute Gasteiger partial charge is 0.344 e. The molecule has 9 heteroatoms. The Bertz CT molecular complexity index is 521. The van der Waals surface area contributed by atoms with Crippen molar-refractivity contribution in [2.45, 2.75) is 116 Å². The molecule has 0 amide bonds. The van der Waals surface area contributed by atoms with Gasteiger partial charge in [0.2, 0.25) is 0 Å². The van der Waals surface area contributed by atoms with E-state index in [2.05, 4.69) is 29.8 Å². The highest BCUT2D eigenvalue weighted by atomic mass is 79.9. The molecule has 2 atom stereocenters. The minimum absolute atomic E-state index is 0.107. The summed E-state index contributed by atoms with van der Waals surface area (Å²) in [6.45, 7) is 12.6. The monoisotopic (exact) mass is 558 g/mol. The zero-order valence-corrected chi connectivity index (χ0v) is 24.2. The topological polar surface area (TPSA) is 88.1 Å². The summed E-state index contributed by atoms with van der Waals surface area (Å²) in [6.07, 6.45) is 10.2. The Hall–Kier alpha value is -0.430. The summed E-state index contributed by atoms with van der Waals surface area (Å²) < 4.78 is 33.2. The van der Waals surface area contributed by atoms with Crippen LogP contribution in [0, 0.1) is 0 Å². The van der Waals surface area contributed by atoms with Crippen LogP contribution in [0.15, 0.2) is 0 Å². The number of carbonyl (C=O) groups is 2. The van der Waals surface area contributed by atoms with Gasteiger partial charge >= 0.3 is 19.5 Å². The maximum atomic E-state index is 12.7. The third kappa shape index (κ3) is 17.6. The first-order valence-corrected chi connectivity index (χ1v) is 15.2. The fourth-order valence-electron chi connectivity index (χ4n) is 3.09. The molecule has 0 aliphatic heterocycles. The Balaban J connectivity index is 0. The van der Waals surface area contributed by atoms with Gasteiger partial charge in [0.1, 0.15) is 4.83 Å². The predicted molar refractivity (Wildman–Crippen MR) is 138 cm³/mol. The molecule has 0 aromatic carbocycles. The van der Waals surface area contributed by atoms with E-state index in [-0.39, 0.29) is 30.6 Å². The molecule has 0 aromatic rings. The summed E-state index contributed by atoms with van der Waals surface area (Å²) in [5.74, 6) is -0.603. The Morgan fingerprint density at radius 2 is 1.12 bits per heavy atom. The molecule has 0 fully saturated rings. The van der Waals surface area contributed by atoms with Crippen molar-refractivity contribution >= 4 is 35.5 Å². The van der Waals surface area contributed by atoms with Gasteiger partial charge in [-0.05, 0) is 40.5 Å². The lowest BCUT2D eigenvalue weighted by molar-refractivity contribution is -0.143. The number of unbranched alkanes of at least 4 members (excludes halogenated alkanes) is 6. The van der Waals surface area contributed by atoms with E-state index in [1.165, 1.54) is 19.3 Å². The van der Waals surface area contributed by atoms with Crippen LogP contribution in [0.3, 0.4) is 0 Å². The first kappa shape index (κ1) is 34.7. The standard InChI is InChI=1S/C14H29O5P.C10H19BrO2/c1-5-9-10-11-12-13(14(15)17-6-2)20(16,18-7-3)19-8-4;1-3-5-6-7-8-9(11)10(12)13-4-2/h13H,5-12H2,1-4H3;9H,3-8H2,1-2H3. The summed E-state index contributed by atoms with van der Waals surface area (Å²) in [4.78, 5) is 23.1. The van der Waals surface area contributed by atoms with Gasteiger partial charge in [0.05, 0.1) is 26.4 Å². The number of halogens is 1. The number of rotatable bonds is 19. The van der Waals surface area contributed by atoms with E-state index >= 15 is 0 Å². The van der Waals surface area contributed by atoms with E-state index in [0.29, 0.717) is 13.0 Å². The average molecular weight is 560 g/mol. The third-order valence-electron chi connectivity index (χ3n) is 4.74. The molecule has 0 rings (SSSR count). The van der Waals surface area contributed by atoms with Gasteiger partial charge in [-0.15, -0.1) is 0 Å². The van der Waals surface area contributed by atoms with Gasteiger partial charge < -0.3 is 18.5 Å². The quantitative estimate of drug-likeness (QED) is 0.0703. The highest BCUT2D eigenvalue weighted by Gasteiger charge is 2.41. The molecule has 0 aromatic heterocycles. The van der Waals surface area contributed by atoms with Gasteiger partial charge in [0.15, 0.2) is 5.66 Å². The Labute approximate surface area is 210 Å². The van der Waals surface area contributed by atoms with Crippen LogP contribution in [-0.4, -0.2) is 48.9 Å². The molecule has 33 heavy (non-hydrogen) atoms. The van der Waals surface area contributed by atoms with Crippen molar-refractivity contribution in [1.82, 2.24) is 0 Å². The number of esters is 2. The van der Waals surface area contributed by atoms with Crippen LogP contribution in [0.5, 0.6) is 0 Å². The number of hydrogen-bond donors (Lipinski definition) is 0.